The Hall–Kier alpha value is -3.81. The standard InChI is InChI=1S/C21H17FN4O3/c22-16-8-6-14(7-9-16)12-23-17(27)10-11-26-13-24-20-18(21(26)28)19(25-29-20)15-4-2-1-3-5-15/h1-9,13H,10-12H2,(H,23,27). The molecule has 2 heterocycles. The Bertz CT molecular complexity index is 1200. The number of nitrogens with zero attached hydrogens (tertiary/aromatic N) is 3. The first-order chi connectivity index (χ1) is 14.1. The van der Waals surface area contributed by atoms with E-state index in [0.717, 1.165) is 11.1 Å². The van der Waals surface area contributed by atoms with Crippen LogP contribution in [-0.4, -0.2) is 20.6 Å². The summed E-state index contributed by atoms with van der Waals surface area (Å²) in [6.45, 7) is 0.450. The van der Waals surface area contributed by atoms with Crippen molar-refractivity contribution < 1.29 is 13.7 Å². The zero-order chi connectivity index (χ0) is 20.2. The van der Waals surface area contributed by atoms with E-state index >= 15 is 0 Å². The molecule has 1 N–H and O–H groups in total. The summed E-state index contributed by atoms with van der Waals surface area (Å²) in [6.07, 6.45) is 1.44. The lowest BCUT2D eigenvalue weighted by Gasteiger charge is -2.07. The summed E-state index contributed by atoms with van der Waals surface area (Å²) in [5.41, 5.74) is 1.80. The van der Waals surface area contributed by atoms with Crippen LogP contribution in [0.5, 0.6) is 0 Å². The lowest BCUT2D eigenvalue weighted by Crippen LogP contribution is -2.27. The van der Waals surface area contributed by atoms with E-state index in [1.54, 1.807) is 12.1 Å². The van der Waals surface area contributed by atoms with Crippen molar-refractivity contribution in [1.82, 2.24) is 20.0 Å². The summed E-state index contributed by atoms with van der Waals surface area (Å²) in [5.74, 6) is -0.555. The number of carbonyl (C=O) groups is 1. The van der Waals surface area contributed by atoms with Crippen LogP contribution in [0.3, 0.4) is 0 Å². The Labute approximate surface area is 164 Å². The van der Waals surface area contributed by atoms with Gasteiger partial charge in [0.2, 0.25) is 5.91 Å². The molecule has 29 heavy (non-hydrogen) atoms. The minimum absolute atomic E-state index is 0.0975. The topological polar surface area (TPSA) is 90.0 Å². The van der Waals surface area contributed by atoms with Crippen molar-refractivity contribution in [3.05, 3.63) is 82.7 Å². The lowest BCUT2D eigenvalue weighted by atomic mass is 10.1. The largest absolute Gasteiger partial charge is 0.352 e. The quantitative estimate of drug-likeness (QED) is 0.545. The third-order valence-electron chi connectivity index (χ3n) is 4.49. The first-order valence-electron chi connectivity index (χ1n) is 9.03. The summed E-state index contributed by atoms with van der Waals surface area (Å²) in [5, 5.41) is 7.01. The van der Waals surface area contributed by atoms with Gasteiger partial charge in [-0.1, -0.05) is 47.6 Å². The number of benzene rings is 2. The van der Waals surface area contributed by atoms with Crippen LogP contribution < -0.4 is 10.9 Å². The maximum absolute atomic E-state index is 12.9. The zero-order valence-corrected chi connectivity index (χ0v) is 15.3. The number of hydrogen-bond acceptors (Lipinski definition) is 5. The van der Waals surface area contributed by atoms with Crippen LogP contribution in [0, 0.1) is 5.82 Å². The van der Waals surface area contributed by atoms with Crippen LogP contribution in [0.4, 0.5) is 4.39 Å². The van der Waals surface area contributed by atoms with Gasteiger partial charge in [-0.15, -0.1) is 0 Å². The second kappa shape index (κ2) is 8.05. The number of aromatic nitrogens is 3. The molecule has 0 aliphatic rings. The Morgan fingerprint density at radius 2 is 1.86 bits per heavy atom. The molecule has 7 nitrogen and oxygen atoms in total. The fourth-order valence-corrected chi connectivity index (χ4v) is 2.95. The van der Waals surface area contributed by atoms with Crippen molar-refractivity contribution in [3.63, 3.8) is 0 Å². The van der Waals surface area contributed by atoms with Crippen LogP contribution in [0.2, 0.25) is 0 Å². The van der Waals surface area contributed by atoms with Crippen molar-refractivity contribution in [2.45, 2.75) is 19.5 Å². The zero-order valence-electron chi connectivity index (χ0n) is 15.3. The molecule has 0 aliphatic carbocycles. The molecule has 0 saturated carbocycles. The van der Waals surface area contributed by atoms with E-state index < -0.39 is 0 Å². The molecular formula is C21H17FN4O3. The summed E-state index contributed by atoms with van der Waals surface area (Å²) in [6, 6.07) is 15.1. The number of amides is 1. The Morgan fingerprint density at radius 1 is 1.10 bits per heavy atom. The number of aryl methyl sites for hydroxylation is 1. The smallest absolute Gasteiger partial charge is 0.266 e. The molecule has 0 bridgehead atoms. The number of carbonyl (C=O) groups excluding carboxylic acids is 1. The highest BCUT2D eigenvalue weighted by molar-refractivity contribution is 5.88. The molecular weight excluding hydrogens is 375 g/mol. The predicted octanol–water partition coefficient (Wildman–Crippen LogP) is 2.90. The van der Waals surface area contributed by atoms with Gasteiger partial charge in [-0.2, -0.15) is 0 Å². The molecule has 2 aromatic carbocycles. The fourth-order valence-electron chi connectivity index (χ4n) is 2.95. The molecule has 4 rings (SSSR count). The lowest BCUT2D eigenvalue weighted by molar-refractivity contribution is -0.121. The summed E-state index contributed by atoms with van der Waals surface area (Å²) in [7, 11) is 0. The van der Waals surface area contributed by atoms with Gasteiger partial charge in [-0.05, 0) is 17.7 Å². The molecule has 0 fully saturated rings. The van der Waals surface area contributed by atoms with Crippen molar-refractivity contribution >= 4 is 17.0 Å². The third kappa shape index (κ3) is 4.06. The Kier molecular flexibility index (Phi) is 5.15. The Morgan fingerprint density at radius 3 is 2.62 bits per heavy atom. The monoisotopic (exact) mass is 392 g/mol. The normalized spacial score (nSPS) is 10.9. The molecule has 0 atom stereocenters. The first-order valence-corrected chi connectivity index (χ1v) is 9.03. The predicted molar refractivity (Wildman–Crippen MR) is 104 cm³/mol. The van der Waals surface area contributed by atoms with Gasteiger partial charge in [-0.3, -0.25) is 14.2 Å². The van der Waals surface area contributed by atoms with Crippen molar-refractivity contribution in [3.8, 4) is 11.3 Å². The van der Waals surface area contributed by atoms with E-state index in [1.165, 1.54) is 23.0 Å². The number of rotatable bonds is 6. The van der Waals surface area contributed by atoms with Crippen LogP contribution in [0.25, 0.3) is 22.4 Å². The van der Waals surface area contributed by atoms with E-state index in [1.807, 2.05) is 30.3 Å². The summed E-state index contributed by atoms with van der Waals surface area (Å²) < 4.78 is 19.5. The van der Waals surface area contributed by atoms with Gasteiger partial charge in [0.25, 0.3) is 11.3 Å². The highest BCUT2D eigenvalue weighted by Gasteiger charge is 2.17. The fraction of sp³-hybridized carbons (Fsp3) is 0.143. The minimum Gasteiger partial charge on any atom is -0.352 e. The average molecular weight is 392 g/mol. The van der Waals surface area contributed by atoms with Crippen molar-refractivity contribution in [2.24, 2.45) is 0 Å². The molecule has 0 spiro atoms. The molecule has 0 unspecified atom stereocenters. The van der Waals surface area contributed by atoms with E-state index in [9.17, 15) is 14.0 Å². The Balaban J connectivity index is 1.47. The van der Waals surface area contributed by atoms with Gasteiger partial charge in [0.1, 0.15) is 23.2 Å². The second-order valence-electron chi connectivity index (χ2n) is 6.47. The van der Waals surface area contributed by atoms with Crippen LogP contribution >= 0.6 is 0 Å². The molecule has 0 radical (unpaired) electrons. The second-order valence-corrected chi connectivity index (χ2v) is 6.47. The number of hydrogen-bond donors (Lipinski definition) is 1. The molecule has 8 heteroatoms. The number of nitrogens with one attached hydrogen (secondary N) is 1. The first kappa shape index (κ1) is 18.5. The minimum atomic E-state index is -0.328. The van der Waals surface area contributed by atoms with Gasteiger partial charge in [0.05, 0.1) is 0 Å². The van der Waals surface area contributed by atoms with Gasteiger partial charge in [-0.25, -0.2) is 9.37 Å². The van der Waals surface area contributed by atoms with Crippen LogP contribution in [-0.2, 0) is 17.9 Å². The van der Waals surface area contributed by atoms with Crippen molar-refractivity contribution in [2.75, 3.05) is 0 Å². The molecule has 1 amide bonds. The molecule has 0 saturated heterocycles. The molecule has 4 aromatic rings. The molecule has 0 aliphatic heterocycles. The van der Waals surface area contributed by atoms with Gasteiger partial charge in [0, 0.05) is 25.1 Å². The van der Waals surface area contributed by atoms with Crippen LogP contribution in [0.15, 0.2) is 70.2 Å². The highest BCUT2D eigenvalue weighted by atomic mass is 19.1. The van der Waals surface area contributed by atoms with Crippen molar-refractivity contribution in [1.29, 1.82) is 0 Å². The molecule has 2 aromatic heterocycles. The van der Waals surface area contributed by atoms with E-state index in [-0.39, 0.29) is 47.9 Å². The molecule has 146 valence electrons. The number of fused-ring (bicyclic) bond motifs is 1. The van der Waals surface area contributed by atoms with E-state index in [4.69, 9.17) is 4.52 Å². The van der Waals surface area contributed by atoms with Gasteiger partial charge in [0.15, 0.2) is 0 Å². The van der Waals surface area contributed by atoms with Crippen LogP contribution in [0.1, 0.15) is 12.0 Å². The maximum Gasteiger partial charge on any atom is 0.266 e. The van der Waals surface area contributed by atoms with E-state index in [2.05, 4.69) is 15.5 Å². The van der Waals surface area contributed by atoms with Gasteiger partial charge >= 0.3 is 0 Å². The highest BCUT2D eigenvalue weighted by Crippen LogP contribution is 2.23. The van der Waals surface area contributed by atoms with Gasteiger partial charge < -0.3 is 9.84 Å². The maximum atomic E-state index is 12.9. The SMILES string of the molecule is O=C(CCn1cnc2onc(-c3ccccc3)c2c1=O)NCc1ccc(F)cc1. The third-order valence-corrected chi connectivity index (χ3v) is 4.49. The summed E-state index contributed by atoms with van der Waals surface area (Å²) >= 11 is 0. The van der Waals surface area contributed by atoms with E-state index in [0.29, 0.717) is 5.69 Å². The summed E-state index contributed by atoms with van der Waals surface area (Å²) in [4.78, 5) is 29.1. The number of halogens is 1. The average Bonchev–Trinajstić information content (AvgIpc) is 3.18.